The third-order valence-electron chi connectivity index (χ3n) is 3.41. The number of aromatic nitrogens is 4. The SMILES string of the molecule is O=C(Nc1nnn(Cc2ccccc2)n1)c1ccc(S(F)(F)(F)(F)F)cc1. The lowest BCUT2D eigenvalue weighted by molar-refractivity contribution is 0.102. The van der Waals surface area contributed by atoms with Crippen LogP contribution in [0, 0.1) is 0 Å². The van der Waals surface area contributed by atoms with Crippen LogP contribution in [0.5, 0.6) is 0 Å². The van der Waals surface area contributed by atoms with E-state index in [-0.39, 0.29) is 23.6 Å². The molecule has 0 radical (unpaired) electrons. The van der Waals surface area contributed by atoms with Crippen molar-refractivity contribution in [1.82, 2.24) is 20.2 Å². The summed E-state index contributed by atoms with van der Waals surface area (Å²) in [6, 6.07) is 10.8. The lowest BCUT2D eigenvalue weighted by atomic mass is 10.2. The number of carbonyl (C=O) groups is 1. The number of amides is 1. The predicted molar refractivity (Wildman–Crippen MR) is 89.2 cm³/mol. The van der Waals surface area contributed by atoms with Crippen molar-refractivity contribution in [2.24, 2.45) is 0 Å². The lowest BCUT2D eigenvalue weighted by Gasteiger charge is -2.40. The Hall–Kier alpha value is -3.02. The van der Waals surface area contributed by atoms with Crippen molar-refractivity contribution < 1.29 is 24.2 Å². The second-order valence-corrected chi connectivity index (χ2v) is 7.99. The van der Waals surface area contributed by atoms with Crippen molar-refractivity contribution in [3.05, 3.63) is 65.7 Å². The first-order valence-corrected chi connectivity index (χ1v) is 9.33. The maximum Gasteiger partial charge on any atom is 0.310 e. The zero-order chi connectivity index (χ0) is 19.8. The summed E-state index contributed by atoms with van der Waals surface area (Å²) in [5, 5.41) is 13.5. The van der Waals surface area contributed by atoms with Gasteiger partial charge < -0.3 is 0 Å². The fourth-order valence-electron chi connectivity index (χ4n) is 2.14. The van der Waals surface area contributed by atoms with Gasteiger partial charge in [-0.3, -0.25) is 10.1 Å². The molecule has 1 N–H and O–H groups in total. The van der Waals surface area contributed by atoms with Gasteiger partial charge in [-0.25, -0.2) is 0 Å². The minimum atomic E-state index is -9.78. The topological polar surface area (TPSA) is 72.7 Å². The molecule has 3 rings (SSSR count). The van der Waals surface area contributed by atoms with Crippen LogP contribution in [0.25, 0.3) is 0 Å². The molecule has 1 aromatic heterocycles. The first-order chi connectivity index (χ1) is 12.4. The summed E-state index contributed by atoms with van der Waals surface area (Å²) in [4.78, 5) is 11.2. The van der Waals surface area contributed by atoms with Gasteiger partial charge in [0.1, 0.15) is 4.90 Å². The molecule has 0 bridgehead atoms. The van der Waals surface area contributed by atoms with Crippen LogP contribution in [0.15, 0.2) is 59.5 Å². The number of rotatable bonds is 5. The van der Waals surface area contributed by atoms with Crippen LogP contribution in [-0.4, -0.2) is 26.1 Å². The number of hydrogen-bond donors (Lipinski definition) is 1. The van der Waals surface area contributed by atoms with Gasteiger partial charge in [0.25, 0.3) is 11.9 Å². The van der Waals surface area contributed by atoms with E-state index >= 15 is 0 Å². The number of tetrazole rings is 1. The molecule has 27 heavy (non-hydrogen) atoms. The van der Waals surface area contributed by atoms with E-state index in [1.165, 1.54) is 4.80 Å². The van der Waals surface area contributed by atoms with Crippen LogP contribution >= 0.6 is 10.2 Å². The highest BCUT2D eigenvalue weighted by Crippen LogP contribution is 3.02. The molecule has 0 aliphatic carbocycles. The second kappa shape index (κ2) is 5.74. The minimum absolute atomic E-state index is 0.163. The Balaban J connectivity index is 1.69. The van der Waals surface area contributed by atoms with Gasteiger partial charge in [-0.05, 0) is 35.0 Å². The Bertz CT molecular complexity index is 974. The maximum atomic E-state index is 12.7. The van der Waals surface area contributed by atoms with E-state index in [1.807, 2.05) is 30.3 Å². The standard InChI is InChI=1S/C15H12F5N5OS/c16-27(17,18,19,20)13-8-6-12(7-9-13)14(26)21-15-22-24-25(23-15)10-11-4-2-1-3-5-11/h1-9H,10H2,(H,21,23,26). The van der Waals surface area contributed by atoms with Crippen LogP contribution in [0.4, 0.5) is 25.4 Å². The normalized spacial score (nSPS) is 14.3. The summed E-state index contributed by atoms with van der Waals surface area (Å²) in [5.41, 5.74) is 0.624. The molecular formula is C15H12F5N5OS. The van der Waals surface area contributed by atoms with Gasteiger partial charge in [-0.15, -0.1) is 5.10 Å². The van der Waals surface area contributed by atoms with E-state index in [1.54, 1.807) is 0 Å². The Labute approximate surface area is 149 Å². The molecule has 1 heterocycles. The number of hydrogen-bond acceptors (Lipinski definition) is 4. The van der Waals surface area contributed by atoms with Crippen LogP contribution in [-0.2, 0) is 6.54 Å². The molecule has 0 aliphatic heterocycles. The van der Waals surface area contributed by atoms with E-state index in [0.717, 1.165) is 5.56 Å². The van der Waals surface area contributed by atoms with Crippen molar-refractivity contribution in [3.63, 3.8) is 0 Å². The van der Waals surface area contributed by atoms with Crippen LogP contribution in [0.3, 0.4) is 0 Å². The van der Waals surface area contributed by atoms with Crippen molar-refractivity contribution in [1.29, 1.82) is 0 Å². The minimum Gasteiger partial charge on any atom is -0.288 e. The highest BCUT2D eigenvalue weighted by atomic mass is 32.5. The molecule has 2 aromatic carbocycles. The highest BCUT2D eigenvalue weighted by Gasteiger charge is 2.65. The first kappa shape index (κ1) is 18.8. The van der Waals surface area contributed by atoms with Gasteiger partial charge in [-0.1, -0.05) is 54.9 Å². The Morgan fingerprint density at radius 2 is 1.59 bits per heavy atom. The fourth-order valence-corrected chi connectivity index (χ4v) is 2.79. The summed E-state index contributed by atoms with van der Waals surface area (Å²) in [6.07, 6.45) is 0. The molecule has 0 fully saturated rings. The quantitative estimate of drug-likeness (QED) is 0.628. The molecule has 1 amide bonds. The molecule has 144 valence electrons. The first-order valence-electron chi connectivity index (χ1n) is 7.38. The smallest absolute Gasteiger partial charge is 0.288 e. The third-order valence-corrected chi connectivity index (χ3v) is 4.57. The maximum absolute atomic E-state index is 12.7. The molecule has 12 heteroatoms. The molecule has 0 atom stereocenters. The zero-order valence-corrected chi connectivity index (χ0v) is 14.2. The molecule has 6 nitrogen and oxygen atoms in total. The molecule has 3 aromatic rings. The number of halogens is 5. The van der Waals surface area contributed by atoms with E-state index in [4.69, 9.17) is 0 Å². The summed E-state index contributed by atoms with van der Waals surface area (Å²) < 4.78 is 63.4. The van der Waals surface area contributed by atoms with Crippen molar-refractivity contribution >= 4 is 22.1 Å². The number of nitrogens with one attached hydrogen (secondary N) is 1. The predicted octanol–water partition coefficient (Wildman–Crippen LogP) is 4.63. The fraction of sp³-hybridized carbons (Fsp3) is 0.0667. The van der Waals surface area contributed by atoms with Crippen LogP contribution in [0.2, 0.25) is 0 Å². The van der Waals surface area contributed by atoms with Crippen molar-refractivity contribution in [2.75, 3.05) is 5.32 Å². The summed E-state index contributed by atoms with van der Waals surface area (Å²) in [5.74, 6) is -1.03. The van der Waals surface area contributed by atoms with E-state index in [9.17, 15) is 24.2 Å². The molecule has 0 unspecified atom stereocenters. The van der Waals surface area contributed by atoms with Gasteiger partial charge in [0.15, 0.2) is 0 Å². The molecule has 0 saturated carbocycles. The van der Waals surface area contributed by atoms with Gasteiger partial charge >= 0.3 is 10.2 Å². The van der Waals surface area contributed by atoms with Crippen LogP contribution in [0.1, 0.15) is 15.9 Å². The van der Waals surface area contributed by atoms with Gasteiger partial charge in [-0.2, -0.15) is 4.80 Å². The third kappa shape index (κ3) is 4.78. The highest BCUT2D eigenvalue weighted by molar-refractivity contribution is 8.45. The van der Waals surface area contributed by atoms with E-state index < -0.39 is 21.0 Å². The Morgan fingerprint density at radius 1 is 0.963 bits per heavy atom. The average Bonchev–Trinajstić information content (AvgIpc) is 3.01. The second-order valence-electron chi connectivity index (χ2n) is 5.58. The largest absolute Gasteiger partial charge is 0.310 e. The number of nitrogens with zero attached hydrogens (tertiary/aromatic N) is 4. The molecule has 0 spiro atoms. The number of anilines is 1. The molecule has 0 aliphatic rings. The Morgan fingerprint density at radius 3 is 2.19 bits per heavy atom. The lowest BCUT2D eigenvalue weighted by Crippen LogP contribution is -2.14. The Kier molecular flexibility index (Phi) is 3.99. The monoisotopic (exact) mass is 405 g/mol. The van der Waals surface area contributed by atoms with Crippen molar-refractivity contribution in [2.45, 2.75) is 11.4 Å². The summed E-state index contributed by atoms with van der Waals surface area (Å²) in [6.45, 7) is 0.294. The van der Waals surface area contributed by atoms with E-state index in [2.05, 4.69) is 20.7 Å². The van der Waals surface area contributed by atoms with Gasteiger partial charge in [0.2, 0.25) is 0 Å². The van der Waals surface area contributed by atoms with Crippen LogP contribution < -0.4 is 5.32 Å². The van der Waals surface area contributed by atoms with E-state index in [0.29, 0.717) is 18.7 Å². The number of carbonyl (C=O) groups excluding carboxylic acids is 1. The molecular weight excluding hydrogens is 393 g/mol. The molecule has 0 saturated heterocycles. The average molecular weight is 405 g/mol. The summed E-state index contributed by atoms with van der Waals surface area (Å²) >= 11 is 0. The van der Waals surface area contributed by atoms with Gasteiger partial charge in [0.05, 0.1) is 6.54 Å². The summed E-state index contributed by atoms with van der Waals surface area (Å²) in [7, 11) is -9.78. The van der Waals surface area contributed by atoms with Gasteiger partial charge in [0, 0.05) is 5.56 Å². The number of benzene rings is 2. The van der Waals surface area contributed by atoms with Crippen molar-refractivity contribution in [3.8, 4) is 0 Å². The zero-order valence-electron chi connectivity index (χ0n) is 13.4.